The minimum Gasteiger partial charge on any atom is -0.478 e. The van der Waals surface area contributed by atoms with Crippen LogP contribution in [0.2, 0.25) is 0 Å². The second kappa shape index (κ2) is 10.9. The SMILES string of the molecule is CC(CC#Cc1ccccc1)C/C=C/C1CC(F)(F)C(=O)N1CCc1ccc(C(=O)O)cc1. The molecule has 1 saturated heterocycles. The lowest BCUT2D eigenvalue weighted by Gasteiger charge is -2.22. The van der Waals surface area contributed by atoms with Crippen molar-refractivity contribution in [3.63, 3.8) is 0 Å². The zero-order valence-electron chi connectivity index (χ0n) is 18.5. The van der Waals surface area contributed by atoms with Crippen LogP contribution in [0.3, 0.4) is 0 Å². The molecule has 0 bridgehead atoms. The van der Waals surface area contributed by atoms with Gasteiger partial charge in [-0.1, -0.05) is 61.2 Å². The van der Waals surface area contributed by atoms with E-state index in [4.69, 9.17) is 5.11 Å². The number of hydrogen-bond donors (Lipinski definition) is 1. The maximum absolute atomic E-state index is 14.1. The summed E-state index contributed by atoms with van der Waals surface area (Å²) in [5.74, 6) is 0.983. The number of carboxylic acid groups (broad SMARTS) is 1. The van der Waals surface area contributed by atoms with Gasteiger partial charge in [-0.15, -0.1) is 0 Å². The van der Waals surface area contributed by atoms with Gasteiger partial charge in [-0.2, -0.15) is 8.78 Å². The predicted octanol–water partition coefficient (Wildman–Crippen LogP) is 5.19. The Labute approximate surface area is 192 Å². The first-order chi connectivity index (χ1) is 15.8. The minimum absolute atomic E-state index is 0.147. The van der Waals surface area contributed by atoms with E-state index in [1.54, 1.807) is 18.2 Å². The number of benzene rings is 2. The van der Waals surface area contributed by atoms with Crippen LogP contribution in [0.25, 0.3) is 0 Å². The third-order valence-electron chi connectivity index (χ3n) is 5.64. The average Bonchev–Trinajstić information content (AvgIpc) is 3.01. The van der Waals surface area contributed by atoms with Gasteiger partial charge in [-0.25, -0.2) is 4.79 Å². The van der Waals surface area contributed by atoms with Crippen LogP contribution in [0.5, 0.6) is 0 Å². The molecule has 1 aliphatic heterocycles. The number of nitrogens with zero attached hydrogens (tertiary/aromatic N) is 1. The first-order valence-electron chi connectivity index (χ1n) is 11.0. The average molecular weight is 452 g/mol. The molecule has 1 heterocycles. The van der Waals surface area contributed by atoms with Crippen molar-refractivity contribution in [2.75, 3.05) is 6.54 Å². The molecule has 33 heavy (non-hydrogen) atoms. The second-order valence-electron chi connectivity index (χ2n) is 8.37. The standard InChI is InChI=1S/C27H27F2NO3/c1-20(7-5-11-21-9-3-2-4-10-21)8-6-12-24-19-27(28,29)26(33)30(24)18-17-22-13-15-23(16-14-22)25(31)32/h2-4,6,9-10,12-16,20,24H,7-8,17-19H2,1H3,(H,31,32)/b12-6+. The van der Waals surface area contributed by atoms with Crippen molar-refractivity contribution in [1.82, 2.24) is 4.90 Å². The lowest BCUT2D eigenvalue weighted by molar-refractivity contribution is -0.148. The van der Waals surface area contributed by atoms with E-state index < -0.39 is 30.3 Å². The molecule has 2 aromatic carbocycles. The predicted molar refractivity (Wildman–Crippen MR) is 123 cm³/mol. The molecule has 1 aliphatic rings. The number of carbonyl (C=O) groups excluding carboxylic acids is 1. The van der Waals surface area contributed by atoms with Gasteiger partial charge in [-0.3, -0.25) is 4.79 Å². The van der Waals surface area contributed by atoms with Gasteiger partial charge < -0.3 is 10.0 Å². The molecule has 3 rings (SSSR count). The Hall–Kier alpha value is -3.46. The Bertz CT molecular complexity index is 1050. The number of alkyl halides is 2. The Morgan fingerprint density at radius 3 is 2.58 bits per heavy atom. The van der Waals surface area contributed by atoms with Gasteiger partial charge in [0.1, 0.15) is 0 Å². The maximum atomic E-state index is 14.1. The first-order valence-corrected chi connectivity index (χ1v) is 11.0. The van der Waals surface area contributed by atoms with Gasteiger partial charge >= 0.3 is 11.9 Å². The quantitative estimate of drug-likeness (QED) is 0.444. The fourth-order valence-electron chi connectivity index (χ4n) is 3.72. The molecule has 2 aromatic rings. The van der Waals surface area contributed by atoms with Gasteiger partial charge in [0.25, 0.3) is 5.91 Å². The van der Waals surface area contributed by atoms with Crippen LogP contribution in [0, 0.1) is 17.8 Å². The van der Waals surface area contributed by atoms with Gasteiger partial charge in [0.2, 0.25) is 0 Å². The molecule has 2 atom stereocenters. The summed E-state index contributed by atoms with van der Waals surface area (Å²) >= 11 is 0. The number of halogens is 2. The maximum Gasteiger partial charge on any atom is 0.335 e. The Morgan fingerprint density at radius 2 is 1.91 bits per heavy atom. The van der Waals surface area contributed by atoms with E-state index in [-0.39, 0.29) is 18.0 Å². The summed E-state index contributed by atoms with van der Waals surface area (Å²) in [5, 5.41) is 8.98. The van der Waals surface area contributed by atoms with Crippen LogP contribution < -0.4 is 0 Å². The van der Waals surface area contributed by atoms with Crippen LogP contribution in [0.4, 0.5) is 8.78 Å². The topological polar surface area (TPSA) is 57.6 Å². The van der Waals surface area contributed by atoms with E-state index in [0.29, 0.717) is 19.3 Å². The molecule has 6 heteroatoms. The lowest BCUT2D eigenvalue weighted by atomic mass is 10.0. The third kappa shape index (κ3) is 6.76. The summed E-state index contributed by atoms with van der Waals surface area (Å²) in [6, 6.07) is 15.3. The minimum atomic E-state index is -3.37. The molecular formula is C27H27F2NO3. The number of carbonyl (C=O) groups is 2. The van der Waals surface area contributed by atoms with Crippen LogP contribution in [-0.4, -0.2) is 40.4 Å². The van der Waals surface area contributed by atoms with E-state index in [0.717, 1.165) is 11.1 Å². The van der Waals surface area contributed by atoms with E-state index >= 15 is 0 Å². The molecule has 2 unspecified atom stereocenters. The van der Waals surface area contributed by atoms with Gasteiger partial charge in [0.15, 0.2) is 0 Å². The number of rotatable bonds is 8. The van der Waals surface area contributed by atoms with Crippen molar-refractivity contribution >= 4 is 11.9 Å². The van der Waals surface area contributed by atoms with Crippen LogP contribution in [-0.2, 0) is 11.2 Å². The van der Waals surface area contributed by atoms with Crippen LogP contribution in [0.15, 0.2) is 66.7 Å². The highest BCUT2D eigenvalue weighted by Crippen LogP contribution is 2.34. The molecule has 1 fully saturated rings. The lowest BCUT2D eigenvalue weighted by Crippen LogP contribution is -2.37. The Kier molecular flexibility index (Phi) is 8.00. The fraction of sp³-hybridized carbons (Fsp3) is 0.333. The van der Waals surface area contributed by atoms with Crippen LogP contribution in [0.1, 0.15) is 47.7 Å². The molecule has 0 aliphatic carbocycles. The summed E-state index contributed by atoms with van der Waals surface area (Å²) in [4.78, 5) is 24.4. The number of carboxylic acids is 1. The fourth-order valence-corrected chi connectivity index (χ4v) is 3.72. The molecular weight excluding hydrogens is 424 g/mol. The first kappa shape index (κ1) is 24.2. The number of aromatic carboxylic acids is 1. The highest BCUT2D eigenvalue weighted by Gasteiger charge is 2.52. The van der Waals surface area contributed by atoms with Crippen LogP contribution >= 0.6 is 0 Å². The van der Waals surface area contributed by atoms with Crippen molar-refractivity contribution in [3.05, 3.63) is 83.4 Å². The Morgan fingerprint density at radius 1 is 1.21 bits per heavy atom. The largest absolute Gasteiger partial charge is 0.478 e. The molecule has 172 valence electrons. The van der Waals surface area contributed by atoms with E-state index in [1.807, 2.05) is 36.4 Å². The number of hydrogen-bond acceptors (Lipinski definition) is 2. The zero-order chi connectivity index (χ0) is 23.8. The summed E-state index contributed by atoms with van der Waals surface area (Å²) < 4.78 is 28.2. The highest BCUT2D eigenvalue weighted by molar-refractivity contribution is 5.87. The second-order valence-corrected chi connectivity index (χ2v) is 8.37. The summed E-state index contributed by atoms with van der Waals surface area (Å²) in [6.45, 7) is 2.20. The molecule has 4 nitrogen and oxygen atoms in total. The summed E-state index contributed by atoms with van der Waals surface area (Å²) in [5.41, 5.74) is 1.91. The van der Waals surface area contributed by atoms with Crippen molar-refractivity contribution < 1.29 is 23.5 Å². The van der Waals surface area contributed by atoms with Crippen molar-refractivity contribution in [2.24, 2.45) is 5.92 Å². The van der Waals surface area contributed by atoms with E-state index in [2.05, 4.69) is 18.8 Å². The van der Waals surface area contributed by atoms with Gasteiger partial charge in [0.05, 0.1) is 11.6 Å². The van der Waals surface area contributed by atoms with Crippen molar-refractivity contribution in [1.29, 1.82) is 0 Å². The molecule has 1 amide bonds. The molecule has 0 spiro atoms. The molecule has 0 radical (unpaired) electrons. The summed E-state index contributed by atoms with van der Waals surface area (Å²) in [7, 11) is 0. The summed E-state index contributed by atoms with van der Waals surface area (Å²) in [6.07, 6.45) is 4.79. The molecule has 1 N–H and O–H groups in total. The Balaban J connectivity index is 1.55. The number of allylic oxidation sites excluding steroid dienone is 1. The van der Waals surface area contributed by atoms with Gasteiger partial charge in [0, 0.05) is 24.9 Å². The van der Waals surface area contributed by atoms with Crippen molar-refractivity contribution in [2.45, 2.75) is 44.6 Å². The number of likely N-dealkylation sites (tertiary alicyclic amines) is 1. The van der Waals surface area contributed by atoms with Crippen molar-refractivity contribution in [3.8, 4) is 11.8 Å². The number of amides is 1. The van der Waals surface area contributed by atoms with Gasteiger partial charge in [-0.05, 0) is 48.6 Å². The smallest absolute Gasteiger partial charge is 0.335 e. The zero-order valence-corrected chi connectivity index (χ0v) is 18.5. The highest BCUT2D eigenvalue weighted by atomic mass is 19.3. The molecule has 0 aromatic heterocycles. The van der Waals surface area contributed by atoms with E-state index in [1.165, 1.54) is 17.0 Å². The monoisotopic (exact) mass is 451 g/mol. The van der Waals surface area contributed by atoms with E-state index in [9.17, 15) is 18.4 Å². The third-order valence-corrected chi connectivity index (χ3v) is 5.64. The normalized spacial score (nSPS) is 18.2. The molecule has 0 saturated carbocycles.